The van der Waals surface area contributed by atoms with Crippen molar-refractivity contribution in [3.05, 3.63) is 41.9 Å². The molecule has 0 amide bonds. The van der Waals surface area contributed by atoms with Crippen molar-refractivity contribution < 1.29 is 4.74 Å². The lowest BCUT2D eigenvalue weighted by molar-refractivity contribution is 0.197. The predicted octanol–water partition coefficient (Wildman–Crippen LogP) is 2.24. The van der Waals surface area contributed by atoms with Gasteiger partial charge in [-0.25, -0.2) is 4.98 Å². The summed E-state index contributed by atoms with van der Waals surface area (Å²) >= 11 is 0. The molecule has 112 valence electrons. The van der Waals surface area contributed by atoms with Gasteiger partial charge in [0.25, 0.3) is 0 Å². The van der Waals surface area contributed by atoms with E-state index in [1.54, 1.807) is 19.5 Å². The number of anilines is 2. The fourth-order valence-electron chi connectivity index (χ4n) is 1.85. The molecule has 2 N–H and O–H groups in total. The van der Waals surface area contributed by atoms with E-state index in [2.05, 4.69) is 25.6 Å². The van der Waals surface area contributed by atoms with E-state index >= 15 is 0 Å². The van der Waals surface area contributed by atoms with Crippen LogP contribution in [0.3, 0.4) is 0 Å². The van der Waals surface area contributed by atoms with Crippen molar-refractivity contribution >= 4 is 11.8 Å². The number of aryl methyl sites for hydroxylation is 1. The second kappa shape index (κ2) is 8.16. The monoisotopic (exact) mass is 287 g/mol. The first-order valence-corrected chi connectivity index (χ1v) is 6.99. The van der Waals surface area contributed by atoms with Crippen LogP contribution < -0.4 is 10.6 Å². The van der Waals surface area contributed by atoms with Gasteiger partial charge in [0, 0.05) is 51.0 Å². The summed E-state index contributed by atoms with van der Waals surface area (Å²) < 4.78 is 5.02. The number of pyridine rings is 1. The van der Waals surface area contributed by atoms with E-state index in [1.165, 1.54) is 0 Å². The number of aromatic nitrogens is 3. The van der Waals surface area contributed by atoms with Gasteiger partial charge in [-0.05, 0) is 31.0 Å². The van der Waals surface area contributed by atoms with Crippen molar-refractivity contribution in [1.82, 2.24) is 15.0 Å². The maximum atomic E-state index is 5.02. The number of nitrogens with zero attached hydrogens (tertiary/aromatic N) is 3. The summed E-state index contributed by atoms with van der Waals surface area (Å²) in [4.78, 5) is 12.8. The number of nitrogens with one attached hydrogen (secondary N) is 2. The first kappa shape index (κ1) is 15.2. The van der Waals surface area contributed by atoms with Gasteiger partial charge in [-0.2, -0.15) is 4.98 Å². The van der Waals surface area contributed by atoms with Crippen molar-refractivity contribution in [2.45, 2.75) is 19.9 Å². The van der Waals surface area contributed by atoms with Crippen LogP contribution in [0.1, 0.15) is 17.7 Å². The molecule has 2 heterocycles. The summed E-state index contributed by atoms with van der Waals surface area (Å²) in [5.41, 5.74) is 2.09. The standard InChI is InChI=1S/C15H21N5O/c1-12-10-14(18-11-13-4-7-16-8-5-13)20-15(19-12)17-6-3-9-21-2/h4-5,7-8,10H,3,6,9,11H2,1-2H3,(H2,17,18,19,20). The van der Waals surface area contributed by atoms with Crippen molar-refractivity contribution in [3.63, 3.8) is 0 Å². The Bertz CT molecular complexity index is 547. The molecule has 0 aromatic carbocycles. The molecule has 6 nitrogen and oxygen atoms in total. The molecular weight excluding hydrogens is 266 g/mol. The third-order valence-electron chi connectivity index (χ3n) is 2.89. The molecule has 0 unspecified atom stereocenters. The van der Waals surface area contributed by atoms with Gasteiger partial charge < -0.3 is 15.4 Å². The Balaban J connectivity index is 1.91. The number of ether oxygens (including phenoxy) is 1. The minimum atomic E-state index is 0.642. The minimum Gasteiger partial charge on any atom is -0.385 e. The van der Waals surface area contributed by atoms with Gasteiger partial charge in [0.1, 0.15) is 5.82 Å². The maximum Gasteiger partial charge on any atom is 0.224 e. The summed E-state index contributed by atoms with van der Waals surface area (Å²) in [6.45, 7) is 4.19. The third-order valence-corrected chi connectivity index (χ3v) is 2.89. The van der Waals surface area contributed by atoms with Gasteiger partial charge in [0.15, 0.2) is 0 Å². The Morgan fingerprint density at radius 2 is 1.95 bits per heavy atom. The molecule has 0 radical (unpaired) electrons. The third kappa shape index (κ3) is 5.35. The van der Waals surface area contributed by atoms with Crippen molar-refractivity contribution in [2.24, 2.45) is 0 Å². The second-order valence-electron chi connectivity index (χ2n) is 4.70. The predicted molar refractivity (Wildman–Crippen MR) is 83.3 cm³/mol. The van der Waals surface area contributed by atoms with E-state index in [0.717, 1.165) is 36.6 Å². The van der Waals surface area contributed by atoms with Gasteiger partial charge >= 0.3 is 0 Å². The van der Waals surface area contributed by atoms with E-state index in [4.69, 9.17) is 4.74 Å². The van der Waals surface area contributed by atoms with Crippen LogP contribution in [0.15, 0.2) is 30.6 Å². The SMILES string of the molecule is COCCCNc1nc(C)cc(NCc2ccncc2)n1. The fourth-order valence-corrected chi connectivity index (χ4v) is 1.85. The van der Waals surface area contributed by atoms with Crippen LogP contribution in [-0.2, 0) is 11.3 Å². The normalized spacial score (nSPS) is 10.4. The summed E-state index contributed by atoms with van der Waals surface area (Å²) in [6, 6.07) is 5.89. The lowest BCUT2D eigenvalue weighted by Gasteiger charge is -2.10. The van der Waals surface area contributed by atoms with E-state index in [1.807, 2.05) is 25.1 Å². The molecular formula is C15H21N5O. The molecule has 2 rings (SSSR count). The zero-order valence-electron chi connectivity index (χ0n) is 12.5. The van der Waals surface area contributed by atoms with E-state index in [0.29, 0.717) is 12.5 Å². The number of rotatable bonds is 8. The molecule has 21 heavy (non-hydrogen) atoms. The van der Waals surface area contributed by atoms with Crippen molar-refractivity contribution in [3.8, 4) is 0 Å². The summed E-state index contributed by atoms with van der Waals surface area (Å²) in [7, 11) is 1.70. The zero-order chi connectivity index (χ0) is 14.9. The average molecular weight is 287 g/mol. The Morgan fingerprint density at radius 1 is 1.14 bits per heavy atom. The summed E-state index contributed by atoms with van der Waals surface area (Å²) in [6.07, 6.45) is 4.49. The minimum absolute atomic E-state index is 0.642. The first-order chi connectivity index (χ1) is 10.3. The molecule has 0 saturated heterocycles. The Kier molecular flexibility index (Phi) is 5.90. The summed E-state index contributed by atoms with van der Waals surface area (Å²) in [5, 5.41) is 6.51. The largest absolute Gasteiger partial charge is 0.385 e. The smallest absolute Gasteiger partial charge is 0.224 e. The van der Waals surface area contributed by atoms with Crippen LogP contribution >= 0.6 is 0 Å². The molecule has 0 saturated carbocycles. The zero-order valence-corrected chi connectivity index (χ0v) is 12.5. The van der Waals surface area contributed by atoms with Crippen LogP contribution in [0.5, 0.6) is 0 Å². The molecule has 0 spiro atoms. The molecule has 0 aliphatic carbocycles. The highest BCUT2D eigenvalue weighted by atomic mass is 16.5. The van der Waals surface area contributed by atoms with E-state index < -0.39 is 0 Å². The highest BCUT2D eigenvalue weighted by Crippen LogP contribution is 2.11. The Morgan fingerprint density at radius 3 is 2.71 bits per heavy atom. The average Bonchev–Trinajstić information content (AvgIpc) is 2.50. The Hall–Kier alpha value is -2.21. The maximum absolute atomic E-state index is 5.02. The molecule has 0 atom stereocenters. The first-order valence-electron chi connectivity index (χ1n) is 6.99. The topological polar surface area (TPSA) is 72.0 Å². The van der Waals surface area contributed by atoms with E-state index in [9.17, 15) is 0 Å². The lowest BCUT2D eigenvalue weighted by Crippen LogP contribution is -2.10. The fraction of sp³-hybridized carbons (Fsp3) is 0.400. The molecule has 2 aromatic heterocycles. The number of hydrogen-bond donors (Lipinski definition) is 2. The summed E-state index contributed by atoms with van der Waals surface area (Å²) in [5.74, 6) is 1.46. The molecule has 0 aliphatic rings. The van der Waals surface area contributed by atoms with Crippen LogP contribution in [-0.4, -0.2) is 35.2 Å². The van der Waals surface area contributed by atoms with Gasteiger partial charge in [-0.3, -0.25) is 4.98 Å². The van der Waals surface area contributed by atoms with Crippen LogP contribution in [0, 0.1) is 6.92 Å². The van der Waals surface area contributed by atoms with Crippen LogP contribution in [0.25, 0.3) is 0 Å². The van der Waals surface area contributed by atoms with Crippen molar-refractivity contribution in [2.75, 3.05) is 30.9 Å². The molecule has 0 bridgehead atoms. The quantitative estimate of drug-likeness (QED) is 0.726. The number of methoxy groups -OCH3 is 1. The van der Waals surface area contributed by atoms with Gasteiger partial charge in [-0.1, -0.05) is 0 Å². The highest BCUT2D eigenvalue weighted by molar-refractivity contribution is 5.42. The number of hydrogen-bond acceptors (Lipinski definition) is 6. The molecule has 0 aliphatic heterocycles. The molecule has 6 heteroatoms. The van der Waals surface area contributed by atoms with Gasteiger partial charge in [-0.15, -0.1) is 0 Å². The molecule has 0 fully saturated rings. The second-order valence-corrected chi connectivity index (χ2v) is 4.70. The lowest BCUT2D eigenvalue weighted by atomic mass is 10.3. The Labute approximate surface area is 125 Å². The van der Waals surface area contributed by atoms with Gasteiger partial charge in [0.2, 0.25) is 5.95 Å². The van der Waals surface area contributed by atoms with Gasteiger partial charge in [0.05, 0.1) is 0 Å². The van der Waals surface area contributed by atoms with Crippen molar-refractivity contribution in [1.29, 1.82) is 0 Å². The molecule has 2 aromatic rings. The van der Waals surface area contributed by atoms with Crippen LogP contribution in [0.4, 0.5) is 11.8 Å². The van der Waals surface area contributed by atoms with Crippen LogP contribution in [0.2, 0.25) is 0 Å². The highest BCUT2D eigenvalue weighted by Gasteiger charge is 2.02. The van der Waals surface area contributed by atoms with E-state index in [-0.39, 0.29) is 0 Å².